The molecule has 0 radical (unpaired) electrons. The van der Waals surface area contributed by atoms with Crippen molar-refractivity contribution in [2.45, 2.75) is 6.10 Å². The molecule has 1 heterocycles. The van der Waals surface area contributed by atoms with Crippen molar-refractivity contribution in [3.63, 3.8) is 0 Å². The molecule has 6 nitrogen and oxygen atoms in total. The fourth-order valence-electron chi connectivity index (χ4n) is 2.97. The highest BCUT2D eigenvalue weighted by Crippen LogP contribution is 2.30. The molecule has 0 aromatic heterocycles. The number of hydrogen-bond acceptors (Lipinski definition) is 5. The molecular weight excluding hydrogens is 358 g/mol. The van der Waals surface area contributed by atoms with Gasteiger partial charge >= 0.3 is 5.97 Å². The van der Waals surface area contributed by atoms with Crippen LogP contribution >= 0.6 is 0 Å². The summed E-state index contributed by atoms with van der Waals surface area (Å²) < 4.78 is 16.5. The number of ether oxygens (including phenoxy) is 3. The SMILES string of the molecule is O=C(COC(=O)c1ccc2ccccc2c1)NC[C@H]1COc2ccccc2O1. The standard InChI is InChI=1S/C22H19NO5/c24-21(23-12-18-13-26-19-7-3-4-8-20(19)28-18)14-27-22(25)17-10-9-15-5-1-2-6-16(15)11-17/h1-11,18H,12-14H2,(H,23,24)/t18-/m0/s1. The van der Waals surface area contributed by atoms with Crippen LogP contribution in [-0.2, 0) is 9.53 Å². The number of benzene rings is 3. The number of fused-ring (bicyclic) bond motifs is 2. The van der Waals surface area contributed by atoms with Crippen LogP contribution in [0.4, 0.5) is 0 Å². The molecular formula is C22H19NO5. The van der Waals surface area contributed by atoms with Gasteiger partial charge in [-0.3, -0.25) is 4.79 Å². The summed E-state index contributed by atoms with van der Waals surface area (Å²) in [6.07, 6.45) is -0.296. The third kappa shape index (κ3) is 4.06. The number of carbonyl (C=O) groups excluding carboxylic acids is 2. The van der Waals surface area contributed by atoms with Crippen molar-refractivity contribution in [1.82, 2.24) is 5.32 Å². The molecule has 0 saturated heterocycles. The Morgan fingerprint density at radius 3 is 2.57 bits per heavy atom. The van der Waals surface area contributed by atoms with E-state index in [4.69, 9.17) is 14.2 Å². The number of amides is 1. The zero-order valence-corrected chi connectivity index (χ0v) is 15.1. The fourth-order valence-corrected chi connectivity index (χ4v) is 2.97. The van der Waals surface area contributed by atoms with Crippen molar-refractivity contribution in [3.8, 4) is 11.5 Å². The minimum absolute atomic E-state index is 0.265. The molecule has 0 saturated carbocycles. The Balaban J connectivity index is 1.25. The first-order valence-electron chi connectivity index (χ1n) is 9.00. The molecule has 6 heteroatoms. The van der Waals surface area contributed by atoms with Gasteiger partial charge in [-0.25, -0.2) is 4.79 Å². The molecule has 0 fully saturated rings. The molecule has 1 atom stereocenters. The van der Waals surface area contributed by atoms with Gasteiger partial charge in [0.25, 0.3) is 5.91 Å². The van der Waals surface area contributed by atoms with Gasteiger partial charge in [0, 0.05) is 0 Å². The summed E-state index contributed by atoms with van der Waals surface area (Å²) in [7, 11) is 0. The molecule has 1 aliphatic rings. The van der Waals surface area contributed by atoms with Crippen LogP contribution in [0.15, 0.2) is 66.7 Å². The molecule has 3 aromatic carbocycles. The molecule has 1 amide bonds. The Labute approximate surface area is 162 Å². The maximum absolute atomic E-state index is 12.2. The summed E-state index contributed by atoms with van der Waals surface area (Å²) in [5.74, 6) is 0.411. The lowest BCUT2D eigenvalue weighted by atomic mass is 10.1. The zero-order valence-electron chi connectivity index (χ0n) is 15.1. The molecule has 28 heavy (non-hydrogen) atoms. The molecule has 1 N–H and O–H groups in total. The lowest BCUT2D eigenvalue weighted by Gasteiger charge is -2.26. The zero-order chi connectivity index (χ0) is 19.3. The first-order chi connectivity index (χ1) is 13.7. The number of nitrogens with one attached hydrogen (secondary N) is 1. The average molecular weight is 377 g/mol. The van der Waals surface area contributed by atoms with Crippen LogP contribution in [-0.4, -0.2) is 37.7 Å². The summed E-state index contributed by atoms with van der Waals surface area (Å²) in [5.41, 5.74) is 0.409. The van der Waals surface area contributed by atoms with Crippen LogP contribution in [0, 0.1) is 0 Å². The van der Waals surface area contributed by atoms with E-state index in [1.807, 2.05) is 54.6 Å². The Morgan fingerprint density at radius 2 is 1.71 bits per heavy atom. The predicted octanol–water partition coefficient (Wildman–Crippen LogP) is 2.95. The predicted molar refractivity (Wildman–Crippen MR) is 104 cm³/mol. The van der Waals surface area contributed by atoms with E-state index in [2.05, 4.69) is 5.32 Å². The fraction of sp³-hybridized carbons (Fsp3) is 0.182. The normalized spacial score (nSPS) is 15.1. The minimum Gasteiger partial charge on any atom is -0.486 e. The van der Waals surface area contributed by atoms with Gasteiger partial charge in [-0.2, -0.15) is 0 Å². The van der Waals surface area contributed by atoms with Crippen molar-refractivity contribution in [2.24, 2.45) is 0 Å². The van der Waals surface area contributed by atoms with Crippen molar-refractivity contribution in [1.29, 1.82) is 0 Å². The molecule has 0 aliphatic carbocycles. The van der Waals surface area contributed by atoms with E-state index in [0.717, 1.165) is 10.8 Å². The second-order valence-electron chi connectivity index (χ2n) is 6.44. The van der Waals surface area contributed by atoms with Crippen molar-refractivity contribution in [2.75, 3.05) is 19.8 Å². The Bertz CT molecular complexity index is 1020. The molecule has 0 spiro atoms. The van der Waals surface area contributed by atoms with Crippen molar-refractivity contribution in [3.05, 3.63) is 72.3 Å². The van der Waals surface area contributed by atoms with Crippen molar-refractivity contribution < 1.29 is 23.8 Å². The second kappa shape index (κ2) is 8.00. The second-order valence-corrected chi connectivity index (χ2v) is 6.44. The van der Waals surface area contributed by atoms with Gasteiger partial charge in [-0.05, 0) is 35.0 Å². The van der Waals surface area contributed by atoms with Crippen LogP contribution < -0.4 is 14.8 Å². The van der Waals surface area contributed by atoms with E-state index >= 15 is 0 Å². The first kappa shape index (κ1) is 17.9. The van der Waals surface area contributed by atoms with Crippen LogP contribution in [0.2, 0.25) is 0 Å². The maximum atomic E-state index is 12.2. The number of carbonyl (C=O) groups is 2. The highest BCUT2D eigenvalue weighted by atomic mass is 16.6. The van der Waals surface area contributed by atoms with Crippen molar-refractivity contribution >= 4 is 22.6 Å². The van der Waals surface area contributed by atoms with Crippen LogP contribution in [0.3, 0.4) is 0 Å². The molecule has 4 rings (SSSR count). The summed E-state index contributed by atoms with van der Waals surface area (Å²) in [6.45, 7) is 0.255. The average Bonchev–Trinajstić information content (AvgIpc) is 2.75. The highest BCUT2D eigenvalue weighted by Gasteiger charge is 2.21. The van der Waals surface area contributed by atoms with Crippen LogP contribution in [0.25, 0.3) is 10.8 Å². The quantitative estimate of drug-likeness (QED) is 0.692. The Morgan fingerprint density at radius 1 is 0.964 bits per heavy atom. The van der Waals surface area contributed by atoms with E-state index < -0.39 is 11.9 Å². The molecule has 0 bridgehead atoms. The third-order valence-electron chi connectivity index (χ3n) is 4.41. The molecule has 1 aliphatic heterocycles. The first-order valence-corrected chi connectivity index (χ1v) is 9.00. The molecule has 142 valence electrons. The maximum Gasteiger partial charge on any atom is 0.338 e. The smallest absolute Gasteiger partial charge is 0.338 e. The highest BCUT2D eigenvalue weighted by molar-refractivity contribution is 5.96. The van der Waals surface area contributed by atoms with E-state index in [9.17, 15) is 9.59 Å². The Hall–Kier alpha value is -3.54. The van der Waals surface area contributed by atoms with Gasteiger partial charge in [0.1, 0.15) is 12.7 Å². The number of hydrogen-bond donors (Lipinski definition) is 1. The van der Waals surface area contributed by atoms with Gasteiger partial charge in [-0.1, -0.05) is 42.5 Å². The monoisotopic (exact) mass is 377 g/mol. The van der Waals surface area contributed by atoms with Gasteiger partial charge in [-0.15, -0.1) is 0 Å². The summed E-state index contributed by atoms with van der Waals surface area (Å²) in [6, 6.07) is 20.4. The topological polar surface area (TPSA) is 73.9 Å². The number of para-hydroxylation sites is 2. The van der Waals surface area contributed by atoms with Crippen LogP contribution in [0.5, 0.6) is 11.5 Å². The summed E-state index contributed by atoms with van der Waals surface area (Å²) in [4.78, 5) is 24.2. The number of rotatable bonds is 5. The lowest BCUT2D eigenvalue weighted by Crippen LogP contribution is -2.42. The molecule has 3 aromatic rings. The Kier molecular flexibility index (Phi) is 5.10. The van der Waals surface area contributed by atoms with Gasteiger partial charge in [0.15, 0.2) is 18.1 Å². The summed E-state index contributed by atoms with van der Waals surface area (Å²) >= 11 is 0. The van der Waals surface area contributed by atoms with Crippen LogP contribution in [0.1, 0.15) is 10.4 Å². The van der Waals surface area contributed by atoms with Gasteiger partial charge in [0.05, 0.1) is 12.1 Å². The van der Waals surface area contributed by atoms with E-state index in [0.29, 0.717) is 23.7 Å². The van der Waals surface area contributed by atoms with E-state index in [1.54, 1.807) is 12.1 Å². The van der Waals surface area contributed by atoms with Gasteiger partial charge < -0.3 is 19.5 Å². The molecule has 0 unspecified atom stereocenters. The lowest BCUT2D eigenvalue weighted by molar-refractivity contribution is -0.124. The van der Waals surface area contributed by atoms with E-state index in [1.165, 1.54) is 0 Å². The minimum atomic E-state index is -0.535. The van der Waals surface area contributed by atoms with E-state index in [-0.39, 0.29) is 19.3 Å². The third-order valence-corrected chi connectivity index (χ3v) is 4.41. The van der Waals surface area contributed by atoms with Gasteiger partial charge in [0.2, 0.25) is 0 Å². The number of esters is 1. The summed E-state index contributed by atoms with van der Waals surface area (Å²) in [5, 5.41) is 4.67. The largest absolute Gasteiger partial charge is 0.486 e.